The van der Waals surface area contributed by atoms with E-state index in [4.69, 9.17) is 0 Å². The van der Waals surface area contributed by atoms with Crippen molar-refractivity contribution < 1.29 is 9.18 Å². The minimum Gasteiger partial charge on any atom is -0.340 e. The number of pyridine rings is 2. The molecule has 6 heteroatoms. The van der Waals surface area contributed by atoms with Crippen LogP contribution in [0.1, 0.15) is 10.4 Å². The van der Waals surface area contributed by atoms with Gasteiger partial charge in [0.25, 0.3) is 5.91 Å². The fourth-order valence-electron chi connectivity index (χ4n) is 1.92. The van der Waals surface area contributed by atoms with Gasteiger partial charge in [-0.05, 0) is 48.5 Å². The summed E-state index contributed by atoms with van der Waals surface area (Å²) in [4.78, 5) is 20.1. The van der Waals surface area contributed by atoms with Gasteiger partial charge in [0.1, 0.15) is 11.6 Å². The summed E-state index contributed by atoms with van der Waals surface area (Å²) < 4.78 is 12.9. The predicted octanol–water partition coefficient (Wildman–Crippen LogP) is 3.61. The Morgan fingerprint density at radius 1 is 0.957 bits per heavy atom. The van der Waals surface area contributed by atoms with Crippen LogP contribution >= 0.6 is 0 Å². The van der Waals surface area contributed by atoms with Crippen LogP contribution in [-0.2, 0) is 0 Å². The largest absolute Gasteiger partial charge is 0.340 e. The molecule has 2 heterocycles. The van der Waals surface area contributed by atoms with Crippen LogP contribution in [0, 0.1) is 5.82 Å². The molecule has 5 nitrogen and oxygen atoms in total. The van der Waals surface area contributed by atoms with E-state index in [1.807, 2.05) is 0 Å². The smallest absolute Gasteiger partial charge is 0.257 e. The first-order chi connectivity index (χ1) is 11.2. The van der Waals surface area contributed by atoms with Crippen molar-refractivity contribution in [3.05, 3.63) is 78.5 Å². The molecule has 114 valence electrons. The highest BCUT2D eigenvalue weighted by atomic mass is 19.1. The average molecular weight is 308 g/mol. The highest BCUT2D eigenvalue weighted by Crippen LogP contribution is 2.17. The van der Waals surface area contributed by atoms with Crippen molar-refractivity contribution in [1.29, 1.82) is 0 Å². The molecule has 0 aliphatic carbocycles. The van der Waals surface area contributed by atoms with E-state index in [2.05, 4.69) is 20.6 Å². The molecular weight excluding hydrogens is 295 g/mol. The molecule has 0 bridgehead atoms. The summed E-state index contributed by atoms with van der Waals surface area (Å²) in [5, 5.41) is 5.78. The zero-order chi connectivity index (χ0) is 16.1. The van der Waals surface area contributed by atoms with Gasteiger partial charge in [-0.2, -0.15) is 0 Å². The summed E-state index contributed by atoms with van der Waals surface area (Å²) in [6.07, 6.45) is 4.64. The maximum atomic E-state index is 12.9. The van der Waals surface area contributed by atoms with Crippen molar-refractivity contribution >= 4 is 23.1 Å². The van der Waals surface area contributed by atoms with Gasteiger partial charge >= 0.3 is 0 Å². The summed E-state index contributed by atoms with van der Waals surface area (Å²) in [6.45, 7) is 0. The molecular formula is C17H13FN4O. The molecule has 1 aromatic carbocycles. The van der Waals surface area contributed by atoms with E-state index < -0.39 is 0 Å². The van der Waals surface area contributed by atoms with Crippen molar-refractivity contribution in [2.75, 3.05) is 10.6 Å². The van der Waals surface area contributed by atoms with Crippen molar-refractivity contribution in [3.63, 3.8) is 0 Å². The van der Waals surface area contributed by atoms with Crippen molar-refractivity contribution in [2.45, 2.75) is 0 Å². The Hall–Kier alpha value is -3.28. The van der Waals surface area contributed by atoms with Crippen LogP contribution in [-0.4, -0.2) is 15.9 Å². The molecule has 1 amide bonds. The Morgan fingerprint density at radius 3 is 2.39 bits per heavy atom. The molecule has 0 atom stereocenters. The van der Waals surface area contributed by atoms with Gasteiger partial charge in [0.05, 0.1) is 17.4 Å². The van der Waals surface area contributed by atoms with Gasteiger partial charge in [-0.3, -0.25) is 9.78 Å². The number of carbonyl (C=O) groups is 1. The van der Waals surface area contributed by atoms with E-state index in [0.29, 0.717) is 17.1 Å². The van der Waals surface area contributed by atoms with Gasteiger partial charge < -0.3 is 10.6 Å². The lowest BCUT2D eigenvalue weighted by Gasteiger charge is -2.08. The maximum Gasteiger partial charge on any atom is 0.257 e. The number of carbonyl (C=O) groups excluding carboxylic acids is 1. The number of aromatic nitrogens is 2. The number of amides is 1. The molecule has 0 aliphatic rings. The second-order valence-corrected chi connectivity index (χ2v) is 4.76. The van der Waals surface area contributed by atoms with Crippen LogP contribution in [0.15, 0.2) is 67.1 Å². The van der Waals surface area contributed by atoms with Crippen molar-refractivity contribution in [1.82, 2.24) is 9.97 Å². The third-order valence-electron chi connectivity index (χ3n) is 3.06. The van der Waals surface area contributed by atoms with Gasteiger partial charge in [-0.25, -0.2) is 9.37 Å². The van der Waals surface area contributed by atoms with Crippen LogP contribution in [0.25, 0.3) is 0 Å². The third kappa shape index (κ3) is 3.88. The minimum absolute atomic E-state index is 0.251. The Kier molecular flexibility index (Phi) is 4.24. The zero-order valence-electron chi connectivity index (χ0n) is 12.0. The molecule has 0 fully saturated rings. The summed E-state index contributed by atoms with van der Waals surface area (Å²) in [5.41, 5.74) is 1.77. The monoisotopic (exact) mass is 308 g/mol. The fraction of sp³-hybridized carbons (Fsp3) is 0. The summed E-state index contributed by atoms with van der Waals surface area (Å²) in [5.74, 6) is 0.0482. The minimum atomic E-state index is -0.294. The summed E-state index contributed by atoms with van der Waals surface area (Å²) in [7, 11) is 0. The van der Waals surface area contributed by atoms with Gasteiger partial charge in [-0.1, -0.05) is 0 Å². The Balaban J connectivity index is 1.65. The SMILES string of the molecule is O=C(Nc1ccc(Nc2ccc(F)cc2)nc1)c1cccnc1. The predicted molar refractivity (Wildman–Crippen MR) is 86.1 cm³/mol. The van der Waals surface area contributed by atoms with Crippen LogP contribution in [0.4, 0.5) is 21.6 Å². The first-order valence-corrected chi connectivity index (χ1v) is 6.91. The van der Waals surface area contributed by atoms with Gasteiger partial charge in [-0.15, -0.1) is 0 Å². The van der Waals surface area contributed by atoms with E-state index in [1.165, 1.54) is 18.3 Å². The van der Waals surface area contributed by atoms with Crippen LogP contribution in [0.5, 0.6) is 0 Å². The number of rotatable bonds is 4. The Labute approximate surface area is 132 Å². The first-order valence-electron chi connectivity index (χ1n) is 6.91. The van der Waals surface area contributed by atoms with E-state index in [9.17, 15) is 9.18 Å². The lowest BCUT2D eigenvalue weighted by molar-refractivity contribution is 0.102. The van der Waals surface area contributed by atoms with E-state index in [-0.39, 0.29) is 11.7 Å². The Bertz CT molecular complexity index is 789. The lowest BCUT2D eigenvalue weighted by atomic mass is 10.2. The number of benzene rings is 1. The number of halogens is 1. The average Bonchev–Trinajstić information content (AvgIpc) is 2.59. The molecule has 3 aromatic rings. The van der Waals surface area contributed by atoms with E-state index >= 15 is 0 Å². The number of nitrogens with one attached hydrogen (secondary N) is 2. The van der Waals surface area contributed by atoms with Crippen LogP contribution < -0.4 is 10.6 Å². The van der Waals surface area contributed by atoms with Gasteiger partial charge in [0.15, 0.2) is 0 Å². The molecule has 0 radical (unpaired) electrons. The fourth-order valence-corrected chi connectivity index (χ4v) is 1.92. The molecule has 3 rings (SSSR count). The second-order valence-electron chi connectivity index (χ2n) is 4.76. The van der Waals surface area contributed by atoms with E-state index in [1.54, 1.807) is 48.8 Å². The van der Waals surface area contributed by atoms with Crippen molar-refractivity contribution in [2.24, 2.45) is 0 Å². The maximum absolute atomic E-state index is 12.9. The zero-order valence-corrected chi connectivity index (χ0v) is 12.0. The topological polar surface area (TPSA) is 66.9 Å². The number of hydrogen-bond acceptors (Lipinski definition) is 4. The molecule has 23 heavy (non-hydrogen) atoms. The molecule has 0 spiro atoms. The summed E-state index contributed by atoms with van der Waals surface area (Å²) >= 11 is 0. The van der Waals surface area contributed by atoms with Gasteiger partial charge in [0.2, 0.25) is 0 Å². The standard InChI is InChI=1S/C17H13FN4O/c18-13-3-5-14(6-4-13)21-16-8-7-15(11-20-16)22-17(23)12-2-1-9-19-10-12/h1-11H,(H,20,21)(H,22,23). The van der Waals surface area contributed by atoms with E-state index in [0.717, 1.165) is 5.69 Å². The molecule has 0 saturated carbocycles. The molecule has 2 aromatic heterocycles. The molecule has 2 N–H and O–H groups in total. The van der Waals surface area contributed by atoms with Gasteiger partial charge in [0, 0.05) is 18.1 Å². The normalized spacial score (nSPS) is 10.1. The quantitative estimate of drug-likeness (QED) is 0.772. The molecule has 0 saturated heterocycles. The second kappa shape index (κ2) is 6.65. The van der Waals surface area contributed by atoms with Crippen LogP contribution in [0.2, 0.25) is 0 Å². The number of hydrogen-bond donors (Lipinski definition) is 2. The molecule has 0 aliphatic heterocycles. The number of nitrogens with zero attached hydrogens (tertiary/aromatic N) is 2. The third-order valence-corrected chi connectivity index (χ3v) is 3.06. The first kappa shape index (κ1) is 14.6. The lowest BCUT2D eigenvalue weighted by Crippen LogP contribution is -2.12. The summed E-state index contributed by atoms with van der Waals surface area (Å²) in [6, 6.07) is 12.8. The highest BCUT2D eigenvalue weighted by Gasteiger charge is 2.06. The molecule has 0 unspecified atom stereocenters. The highest BCUT2D eigenvalue weighted by molar-refractivity contribution is 6.03. The Morgan fingerprint density at radius 2 is 1.74 bits per heavy atom. The van der Waals surface area contributed by atoms with Crippen LogP contribution in [0.3, 0.4) is 0 Å². The van der Waals surface area contributed by atoms with Crippen molar-refractivity contribution in [3.8, 4) is 0 Å². The number of anilines is 3.